The number of ether oxygens (including phenoxy) is 2. The Balaban J connectivity index is 1.34. The molecule has 2 heterocycles. The highest BCUT2D eigenvalue weighted by Gasteiger charge is 2.33. The Bertz CT molecular complexity index is 1860. The lowest BCUT2D eigenvalue weighted by atomic mass is 9.78. The minimum absolute atomic E-state index is 0.0301. The second kappa shape index (κ2) is 9.29. The normalized spacial score (nSPS) is 16.4. The van der Waals surface area contributed by atoms with Crippen LogP contribution in [0.15, 0.2) is 140 Å². The van der Waals surface area contributed by atoms with E-state index in [0.717, 1.165) is 50.8 Å². The van der Waals surface area contributed by atoms with E-state index in [0.29, 0.717) is 0 Å². The van der Waals surface area contributed by atoms with Crippen molar-refractivity contribution in [3.05, 3.63) is 179 Å². The third-order valence-corrected chi connectivity index (χ3v) is 8.04. The van der Waals surface area contributed by atoms with E-state index >= 15 is 0 Å². The van der Waals surface area contributed by atoms with Gasteiger partial charge in [-0.3, -0.25) is 0 Å². The molecule has 1 radical (unpaired) electrons. The van der Waals surface area contributed by atoms with Crippen molar-refractivity contribution in [1.82, 2.24) is 0 Å². The zero-order chi connectivity index (χ0) is 26.5. The molecule has 0 N–H and O–H groups in total. The third-order valence-electron chi connectivity index (χ3n) is 8.04. The zero-order valence-electron chi connectivity index (χ0n) is 21.8. The van der Waals surface area contributed by atoms with Crippen molar-refractivity contribution in [1.29, 1.82) is 0 Å². The maximum absolute atomic E-state index is 6.50. The highest BCUT2D eigenvalue weighted by Crippen LogP contribution is 2.52. The van der Waals surface area contributed by atoms with E-state index < -0.39 is 0 Å². The Morgan fingerprint density at radius 1 is 0.425 bits per heavy atom. The molecule has 0 spiro atoms. The number of rotatable bonds is 3. The first kappa shape index (κ1) is 22.9. The Kier molecular flexibility index (Phi) is 5.31. The minimum Gasteiger partial charge on any atom is -0.457 e. The van der Waals surface area contributed by atoms with Gasteiger partial charge in [0.25, 0.3) is 0 Å². The molecule has 0 aliphatic carbocycles. The first-order valence-electron chi connectivity index (χ1n) is 13.7. The van der Waals surface area contributed by atoms with Gasteiger partial charge in [-0.2, -0.15) is 0 Å². The van der Waals surface area contributed by atoms with Crippen molar-refractivity contribution in [2.75, 3.05) is 0 Å². The molecule has 0 amide bonds. The lowest BCUT2D eigenvalue weighted by Crippen LogP contribution is -2.14. The van der Waals surface area contributed by atoms with Crippen molar-refractivity contribution in [3.8, 4) is 34.1 Å². The minimum atomic E-state index is 0.0301. The number of fused-ring (bicyclic) bond motifs is 4. The summed E-state index contributed by atoms with van der Waals surface area (Å²) in [5, 5.41) is 0. The number of para-hydroxylation sites is 2. The van der Waals surface area contributed by atoms with E-state index in [1.807, 2.05) is 12.1 Å². The van der Waals surface area contributed by atoms with Crippen LogP contribution in [0.1, 0.15) is 45.2 Å². The Hall–Kier alpha value is -5.08. The standard InChI is InChI=1S/C38H25O2/c1-3-12-25(13-4-1)36-29-16-7-9-19-32(29)39-34-23-22-27(24-31(34)36)28-18-11-21-35-38(28)37(26-14-5-2-6-15-26)30-17-8-10-20-33(30)40-35/h1-23,36-37H. The summed E-state index contributed by atoms with van der Waals surface area (Å²) < 4.78 is 12.9. The van der Waals surface area contributed by atoms with E-state index in [1.54, 1.807) is 0 Å². The summed E-state index contributed by atoms with van der Waals surface area (Å²) in [4.78, 5) is 0. The molecule has 6 aromatic rings. The van der Waals surface area contributed by atoms with Gasteiger partial charge in [0.1, 0.15) is 23.0 Å². The molecule has 40 heavy (non-hydrogen) atoms. The van der Waals surface area contributed by atoms with Crippen LogP contribution in [0.25, 0.3) is 11.1 Å². The lowest BCUT2D eigenvalue weighted by Gasteiger charge is -2.31. The summed E-state index contributed by atoms with van der Waals surface area (Å²) in [6.07, 6.45) is 0. The second-order valence-corrected chi connectivity index (χ2v) is 10.3. The van der Waals surface area contributed by atoms with Gasteiger partial charge in [-0.05, 0) is 52.6 Å². The van der Waals surface area contributed by atoms with Gasteiger partial charge in [0, 0.05) is 34.1 Å². The molecule has 189 valence electrons. The second-order valence-electron chi connectivity index (χ2n) is 10.3. The van der Waals surface area contributed by atoms with E-state index in [-0.39, 0.29) is 11.8 Å². The fraction of sp³-hybridized carbons (Fsp3) is 0.0526. The van der Waals surface area contributed by atoms with E-state index in [2.05, 4.69) is 133 Å². The summed E-state index contributed by atoms with van der Waals surface area (Å²) in [5.74, 6) is 3.62. The zero-order valence-corrected chi connectivity index (χ0v) is 21.8. The summed E-state index contributed by atoms with van der Waals surface area (Å²) in [6.45, 7) is 0. The molecule has 2 atom stereocenters. The maximum Gasteiger partial charge on any atom is 0.132 e. The maximum atomic E-state index is 6.50. The van der Waals surface area contributed by atoms with E-state index in [9.17, 15) is 0 Å². The molecular weight excluding hydrogens is 488 g/mol. The van der Waals surface area contributed by atoms with Gasteiger partial charge in [0.05, 0.1) is 0 Å². The average Bonchev–Trinajstić information content (AvgIpc) is 3.02. The van der Waals surface area contributed by atoms with Crippen molar-refractivity contribution in [2.24, 2.45) is 0 Å². The molecule has 0 bridgehead atoms. The van der Waals surface area contributed by atoms with Crippen LogP contribution in [0.2, 0.25) is 0 Å². The number of hydrogen-bond acceptors (Lipinski definition) is 2. The van der Waals surface area contributed by atoms with Gasteiger partial charge in [0.15, 0.2) is 0 Å². The van der Waals surface area contributed by atoms with Gasteiger partial charge < -0.3 is 9.47 Å². The van der Waals surface area contributed by atoms with Crippen molar-refractivity contribution >= 4 is 0 Å². The first-order valence-corrected chi connectivity index (χ1v) is 13.7. The van der Waals surface area contributed by atoms with Crippen molar-refractivity contribution in [3.63, 3.8) is 0 Å². The van der Waals surface area contributed by atoms with Crippen molar-refractivity contribution in [2.45, 2.75) is 11.8 Å². The molecule has 0 saturated heterocycles. The van der Waals surface area contributed by atoms with Crippen LogP contribution in [-0.2, 0) is 0 Å². The molecular formula is C38H25O2. The molecule has 2 unspecified atom stereocenters. The van der Waals surface area contributed by atoms with Crippen LogP contribution >= 0.6 is 0 Å². The Morgan fingerprint density at radius 2 is 0.975 bits per heavy atom. The topological polar surface area (TPSA) is 18.5 Å². The molecule has 2 aliphatic rings. The number of benzene rings is 6. The van der Waals surface area contributed by atoms with Gasteiger partial charge in [-0.15, -0.1) is 0 Å². The molecule has 2 nitrogen and oxygen atoms in total. The highest BCUT2D eigenvalue weighted by molar-refractivity contribution is 5.77. The fourth-order valence-corrected chi connectivity index (χ4v) is 6.28. The van der Waals surface area contributed by atoms with Crippen LogP contribution in [0, 0.1) is 6.07 Å². The van der Waals surface area contributed by atoms with Crippen molar-refractivity contribution < 1.29 is 9.47 Å². The van der Waals surface area contributed by atoms with Crippen LogP contribution in [-0.4, -0.2) is 0 Å². The SMILES string of the molecule is [c]1c(-c2cccc3c2C(c2ccccc2)c2ccccc2O3)ccc2c1C(c1ccccc1)c1ccccc1O2. The van der Waals surface area contributed by atoms with Gasteiger partial charge in [-0.25, -0.2) is 0 Å². The first-order chi connectivity index (χ1) is 19.8. The third kappa shape index (κ3) is 3.65. The van der Waals surface area contributed by atoms with Crippen LogP contribution in [0.5, 0.6) is 23.0 Å². The summed E-state index contributed by atoms with van der Waals surface area (Å²) in [5.41, 5.74) is 9.16. The molecule has 0 saturated carbocycles. The predicted octanol–water partition coefficient (Wildman–Crippen LogP) is 9.73. The lowest BCUT2D eigenvalue weighted by molar-refractivity contribution is 0.452. The largest absolute Gasteiger partial charge is 0.457 e. The predicted molar refractivity (Wildman–Crippen MR) is 159 cm³/mol. The average molecular weight is 514 g/mol. The van der Waals surface area contributed by atoms with Crippen LogP contribution in [0.3, 0.4) is 0 Å². The summed E-state index contributed by atoms with van der Waals surface area (Å²) in [6, 6.07) is 52.5. The Morgan fingerprint density at radius 3 is 1.68 bits per heavy atom. The molecule has 8 rings (SSSR count). The number of hydrogen-bond donors (Lipinski definition) is 0. The molecule has 0 aromatic heterocycles. The summed E-state index contributed by atoms with van der Waals surface area (Å²) >= 11 is 0. The summed E-state index contributed by atoms with van der Waals surface area (Å²) in [7, 11) is 0. The molecule has 2 heteroatoms. The molecule has 6 aromatic carbocycles. The highest BCUT2D eigenvalue weighted by atomic mass is 16.5. The van der Waals surface area contributed by atoms with Crippen LogP contribution < -0.4 is 9.47 Å². The quantitative estimate of drug-likeness (QED) is 0.234. The molecule has 0 fully saturated rings. The van der Waals surface area contributed by atoms with E-state index in [4.69, 9.17) is 9.47 Å². The Labute approximate surface area is 234 Å². The van der Waals surface area contributed by atoms with Gasteiger partial charge >= 0.3 is 0 Å². The van der Waals surface area contributed by atoms with Gasteiger partial charge in [0.2, 0.25) is 0 Å². The monoisotopic (exact) mass is 513 g/mol. The smallest absolute Gasteiger partial charge is 0.132 e. The van der Waals surface area contributed by atoms with Crippen LogP contribution in [0.4, 0.5) is 0 Å². The molecule has 2 aliphatic heterocycles. The fourth-order valence-electron chi connectivity index (χ4n) is 6.28. The van der Waals surface area contributed by atoms with E-state index in [1.165, 1.54) is 16.7 Å². The van der Waals surface area contributed by atoms with Gasteiger partial charge in [-0.1, -0.05) is 115 Å².